The van der Waals surface area contributed by atoms with Gasteiger partial charge in [-0.3, -0.25) is 0 Å². The monoisotopic (exact) mass is 365 g/mol. The van der Waals surface area contributed by atoms with Gasteiger partial charge in [-0.1, -0.05) is 39.7 Å². The zero-order chi connectivity index (χ0) is 15.2. The second kappa shape index (κ2) is 7.87. The summed E-state index contributed by atoms with van der Waals surface area (Å²) in [4.78, 5) is 1.26. The van der Waals surface area contributed by atoms with Gasteiger partial charge in [0.2, 0.25) is 0 Å². The molecule has 0 radical (unpaired) electrons. The van der Waals surface area contributed by atoms with Crippen molar-refractivity contribution in [1.82, 2.24) is 5.32 Å². The highest BCUT2D eigenvalue weighted by Gasteiger charge is 2.15. The van der Waals surface area contributed by atoms with Crippen molar-refractivity contribution in [2.24, 2.45) is 0 Å². The molecule has 0 aliphatic heterocycles. The van der Waals surface area contributed by atoms with Crippen LogP contribution in [0.25, 0.3) is 0 Å². The van der Waals surface area contributed by atoms with Gasteiger partial charge in [0.05, 0.1) is 7.11 Å². The van der Waals surface area contributed by atoms with Crippen molar-refractivity contribution in [2.75, 3.05) is 19.9 Å². The zero-order valence-corrected chi connectivity index (χ0v) is 14.9. The highest BCUT2D eigenvalue weighted by molar-refractivity contribution is 9.10. The molecule has 0 aromatic heterocycles. The molecule has 112 valence electrons. The standard InChI is InChI=1S/C17H20BrNOS/c1-12-7-8-17(20-3)15(9-12)16(19-2)11-21-14-6-4-5-13(18)10-14/h4-10,16,19H,11H2,1-3H3. The molecule has 2 rings (SSSR count). The van der Waals surface area contributed by atoms with Crippen LogP contribution >= 0.6 is 27.7 Å². The minimum Gasteiger partial charge on any atom is -0.496 e. The quantitative estimate of drug-likeness (QED) is 0.741. The Morgan fingerprint density at radius 1 is 1.24 bits per heavy atom. The van der Waals surface area contributed by atoms with Gasteiger partial charge in [0.15, 0.2) is 0 Å². The molecule has 1 unspecified atom stereocenters. The molecule has 0 saturated carbocycles. The maximum atomic E-state index is 5.50. The summed E-state index contributed by atoms with van der Waals surface area (Å²) in [5.41, 5.74) is 2.46. The molecule has 0 spiro atoms. The van der Waals surface area contributed by atoms with E-state index in [1.807, 2.05) is 30.9 Å². The first-order chi connectivity index (χ1) is 10.1. The van der Waals surface area contributed by atoms with Crippen LogP contribution in [-0.4, -0.2) is 19.9 Å². The highest BCUT2D eigenvalue weighted by Crippen LogP contribution is 2.31. The van der Waals surface area contributed by atoms with Crippen LogP contribution in [-0.2, 0) is 0 Å². The van der Waals surface area contributed by atoms with E-state index in [9.17, 15) is 0 Å². The molecule has 0 fully saturated rings. The number of hydrogen-bond donors (Lipinski definition) is 1. The number of hydrogen-bond acceptors (Lipinski definition) is 3. The Morgan fingerprint density at radius 3 is 2.71 bits per heavy atom. The topological polar surface area (TPSA) is 21.3 Å². The lowest BCUT2D eigenvalue weighted by molar-refractivity contribution is 0.404. The fourth-order valence-corrected chi connectivity index (χ4v) is 3.83. The summed E-state index contributed by atoms with van der Waals surface area (Å²) in [6.45, 7) is 2.11. The van der Waals surface area contributed by atoms with Crippen molar-refractivity contribution in [3.05, 3.63) is 58.1 Å². The van der Waals surface area contributed by atoms with Gasteiger partial charge in [-0.15, -0.1) is 11.8 Å². The van der Waals surface area contributed by atoms with E-state index in [0.717, 1.165) is 16.0 Å². The molecule has 1 atom stereocenters. The first-order valence-corrected chi connectivity index (χ1v) is 8.62. The Kier molecular flexibility index (Phi) is 6.15. The minimum atomic E-state index is 0.254. The van der Waals surface area contributed by atoms with E-state index < -0.39 is 0 Å². The van der Waals surface area contributed by atoms with E-state index in [4.69, 9.17) is 4.74 Å². The van der Waals surface area contributed by atoms with Crippen LogP contribution in [0.15, 0.2) is 51.8 Å². The van der Waals surface area contributed by atoms with E-state index in [1.54, 1.807) is 7.11 Å². The van der Waals surface area contributed by atoms with Crippen molar-refractivity contribution in [1.29, 1.82) is 0 Å². The zero-order valence-electron chi connectivity index (χ0n) is 12.5. The number of thioether (sulfide) groups is 1. The summed E-state index contributed by atoms with van der Waals surface area (Å²) in [6.07, 6.45) is 0. The SMILES string of the molecule is CNC(CSc1cccc(Br)c1)c1cc(C)ccc1OC. The van der Waals surface area contributed by atoms with Crippen LogP contribution in [0.5, 0.6) is 5.75 Å². The van der Waals surface area contributed by atoms with Gasteiger partial charge >= 0.3 is 0 Å². The third-order valence-electron chi connectivity index (χ3n) is 3.32. The van der Waals surface area contributed by atoms with Gasteiger partial charge in [0.25, 0.3) is 0 Å². The van der Waals surface area contributed by atoms with E-state index >= 15 is 0 Å². The molecule has 21 heavy (non-hydrogen) atoms. The number of aryl methyl sites for hydroxylation is 1. The third kappa shape index (κ3) is 4.50. The van der Waals surface area contributed by atoms with Crippen molar-refractivity contribution < 1.29 is 4.74 Å². The third-order valence-corrected chi connectivity index (χ3v) is 4.90. The van der Waals surface area contributed by atoms with Gasteiger partial charge in [-0.25, -0.2) is 0 Å². The Morgan fingerprint density at radius 2 is 2.05 bits per heavy atom. The van der Waals surface area contributed by atoms with E-state index in [1.165, 1.54) is 16.0 Å². The summed E-state index contributed by atoms with van der Waals surface area (Å²) in [5.74, 6) is 1.89. The number of ether oxygens (including phenoxy) is 1. The maximum Gasteiger partial charge on any atom is 0.123 e. The number of nitrogens with one attached hydrogen (secondary N) is 1. The van der Waals surface area contributed by atoms with Crippen LogP contribution in [0.1, 0.15) is 17.2 Å². The largest absolute Gasteiger partial charge is 0.496 e. The molecule has 0 aliphatic rings. The fourth-order valence-electron chi connectivity index (χ4n) is 2.19. The lowest BCUT2D eigenvalue weighted by Gasteiger charge is -2.19. The second-order valence-electron chi connectivity index (χ2n) is 4.86. The van der Waals surface area contributed by atoms with Crippen LogP contribution in [0.4, 0.5) is 0 Å². The smallest absolute Gasteiger partial charge is 0.123 e. The van der Waals surface area contributed by atoms with Crippen molar-refractivity contribution in [3.63, 3.8) is 0 Å². The Balaban J connectivity index is 2.15. The predicted molar refractivity (Wildman–Crippen MR) is 94.4 cm³/mol. The maximum absolute atomic E-state index is 5.50. The van der Waals surface area contributed by atoms with Crippen LogP contribution in [0, 0.1) is 6.92 Å². The normalized spacial score (nSPS) is 12.2. The molecular weight excluding hydrogens is 346 g/mol. The minimum absolute atomic E-state index is 0.254. The highest BCUT2D eigenvalue weighted by atomic mass is 79.9. The second-order valence-corrected chi connectivity index (χ2v) is 6.86. The number of benzene rings is 2. The van der Waals surface area contributed by atoms with E-state index in [-0.39, 0.29) is 6.04 Å². The summed E-state index contributed by atoms with van der Waals surface area (Å²) >= 11 is 5.35. The summed E-state index contributed by atoms with van der Waals surface area (Å²) in [6, 6.07) is 15.0. The molecule has 0 aliphatic carbocycles. The van der Waals surface area contributed by atoms with E-state index in [0.29, 0.717) is 0 Å². The van der Waals surface area contributed by atoms with Crippen molar-refractivity contribution in [3.8, 4) is 5.75 Å². The number of methoxy groups -OCH3 is 1. The molecule has 2 aromatic rings. The molecule has 0 saturated heterocycles. The van der Waals surface area contributed by atoms with Crippen LogP contribution < -0.4 is 10.1 Å². The van der Waals surface area contributed by atoms with Crippen molar-refractivity contribution >= 4 is 27.7 Å². The first kappa shape index (κ1) is 16.4. The van der Waals surface area contributed by atoms with Gasteiger partial charge in [0.1, 0.15) is 5.75 Å². The van der Waals surface area contributed by atoms with Crippen LogP contribution in [0.3, 0.4) is 0 Å². The van der Waals surface area contributed by atoms with Gasteiger partial charge in [-0.2, -0.15) is 0 Å². The molecule has 2 nitrogen and oxygen atoms in total. The lowest BCUT2D eigenvalue weighted by atomic mass is 10.0. The summed E-state index contributed by atoms with van der Waals surface area (Å²) in [7, 11) is 3.72. The Labute approximate surface area is 139 Å². The van der Waals surface area contributed by atoms with Gasteiger partial charge in [-0.05, 0) is 38.2 Å². The lowest BCUT2D eigenvalue weighted by Crippen LogP contribution is -2.19. The van der Waals surface area contributed by atoms with Crippen LogP contribution in [0.2, 0.25) is 0 Å². The van der Waals surface area contributed by atoms with Gasteiger partial charge in [0, 0.05) is 26.7 Å². The average molecular weight is 366 g/mol. The molecular formula is C17H20BrNOS. The molecule has 0 heterocycles. The molecule has 4 heteroatoms. The molecule has 1 N–H and O–H groups in total. The number of halogens is 1. The fraction of sp³-hybridized carbons (Fsp3) is 0.294. The molecule has 2 aromatic carbocycles. The molecule has 0 amide bonds. The Bertz CT molecular complexity index is 603. The average Bonchev–Trinajstić information content (AvgIpc) is 2.48. The number of rotatable bonds is 6. The summed E-state index contributed by atoms with van der Waals surface area (Å²) < 4.78 is 6.61. The Hall–Kier alpha value is -0.970. The summed E-state index contributed by atoms with van der Waals surface area (Å²) in [5, 5.41) is 3.39. The van der Waals surface area contributed by atoms with E-state index in [2.05, 4.69) is 58.5 Å². The molecule has 0 bridgehead atoms. The van der Waals surface area contributed by atoms with Gasteiger partial charge < -0.3 is 10.1 Å². The predicted octanol–water partition coefficient (Wildman–Crippen LogP) is 4.82. The van der Waals surface area contributed by atoms with Crippen molar-refractivity contribution in [2.45, 2.75) is 17.9 Å². The first-order valence-electron chi connectivity index (χ1n) is 6.84.